The summed E-state index contributed by atoms with van der Waals surface area (Å²) >= 11 is 0. The van der Waals surface area contributed by atoms with Gasteiger partial charge in [0.25, 0.3) is 0 Å². The Labute approximate surface area is 106 Å². The number of hydrogen-bond acceptors (Lipinski definition) is 2. The fourth-order valence-electron chi connectivity index (χ4n) is 2.45. The Morgan fingerprint density at radius 3 is 2.53 bits per heavy atom. The van der Waals surface area contributed by atoms with E-state index in [4.69, 9.17) is 5.73 Å². The maximum Gasteiger partial charge on any atom is 0.0576 e. The second-order valence-electron chi connectivity index (χ2n) is 5.23. The number of rotatable bonds is 2. The Balaban J connectivity index is 2.15. The van der Waals surface area contributed by atoms with Crippen molar-refractivity contribution in [3.8, 4) is 0 Å². The molecule has 0 heterocycles. The van der Waals surface area contributed by atoms with E-state index in [9.17, 15) is 4.21 Å². The van der Waals surface area contributed by atoms with E-state index in [1.54, 1.807) is 0 Å². The van der Waals surface area contributed by atoms with Crippen molar-refractivity contribution in [2.24, 2.45) is 11.7 Å². The Morgan fingerprint density at radius 1 is 1.24 bits per heavy atom. The summed E-state index contributed by atoms with van der Waals surface area (Å²) in [5.74, 6) is 0.647. The van der Waals surface area contributed by atoms with Crippen molar-refractivity contribution in [3.05, 3.63) is 29.8 Å². The summed E-state index contributed by atoms with van der Waals surface area (Å²) in [5.41, 5.74) is 7.32. The van der Waals surface area contributed by atoms with E-state index >= 15 is 0 Å². The molecule has 0 aromatic heterocycles. The van der Waals surface area contributed by atoms with Crippen LogP contribution >= 0.6 is 0 Å². The van der Waals surface area contributed by atoms with Gasteiger partial charge >= 0.3 is 0 Å². The molecule has 1 aliphatic carbocycles. The Morgan fingerprint density at radius 2 is 1.88 bits per heavy atom. The summed E-state index contributed by atoms with van der Waals surface area (Å²) in [6, 6.07) is 8.07. The zero-order valence-corrected chi connectivity index (χ0v) is 11.4. The molecule has 0 saturated heterocycles. The highest BCUT2D eigenvalue weighted by Crippen LogP contribution is 2.29. The lowest BCUT2D eigenvalue weighted by Gasteiger charge is -2.31. The number of hydrogen-bond donors (Lipinski definition) is 1. The van der Waals surface area contributed by atoms with E-state index in [1.807, 2.05) is 31.2 Å². The first kappa shape index (κ1) is 12.8. The van der Waals surface area contributed by atoms with Crippen LogP contribution in [0.15, 0.2) is 29.2 Å². The third kappa shape index (κ3) is 2.96. The molecule has 4 atom stereocenters. The molecule has 94 valence electrons. The Bertz CT molecular complexity index is 401. The Kier molecular flexibility index (Phi) is 4.00. The van der Waals surface area contributed by atoms with E-state index < -0.39 is 10.8 Å². The molecule has 4 unspecified atom stereocenters. The van der Waals surface area contributed by atoms with Gasteiger partial charge in [0.05, 0.1) is 16.0 Å². The summed E-state index contributed by atoms with van der Waals surface area (Å²) in [5, 5.41) is 0.126. The van der Waals surface area contributed by atoms with Crippen LogP contribution in [0.4, 0.5) is 0 Å². The first-order valence-electron chi connectivity index (χ1n) is 6.30. The van der Waals surface area contributed by atoms with Crippen LogP contribution in [-0.4, -0.2) is 15.5 Å². The van der Waals surface area contributed by atoms with Crippen molar-refractivity contribution in [1.82, 2.24) is 0 Å². The van der Waals surface area contributed by atoms with Gasteiger partial charge < -0.3 is 5.73 Å². The molecule has 0 radical (unpaired) electrons. The second-order valence-corrected chi connectivity index (χ2v) is 6.90. The summed E-state index contributed by atoms with van der Waals surface area (Å²) in [7, 11) is -0.954. The van der Waals surface area contributed by atoms with Gasteiger partial charge in [-0.2, -0.15) is 0 Å². The predicted octanol–water partition coefficient (Wildman–Crippen LogP) is 2.62. The first-order chi connectivity index (χ1) is 8.08. The van der Waals surface area contributed by atoms with Crippen molar-refractivity contribution in [3.63, 3.8) is 0 Å². The first-order valence-corrected chi connectivity index (χ1v) is 7.52. The fourth-order valence-corrected chi connectivity index (χ4v) is 4.16. The van der Waals surface area contributed by atoms with Gasteiger partial charge in [0, 0.05) is 10.9 Å². The van der Waals surface area contributed by atoms with Crippen LogP contribution in [0, 0.1) is 12.8 Å². The van der Waals surface area contributed by atoms with Gasteiger partial charge in [-0.3, -0.25) is 4.21 Å². The molecule has 1 fully saturated rings. The second kappa shape index (κ2) is 5.32. The molecule has 0 amide bonds. The third-order valence-corrected chi connectivity index (χ3v) is 5.46. The van der Waals surface area contributed by atoms with E-state index in [-0.39, 0.29) is 11.3 Å². The van der Waals surface area contributed by atoms with Gasteiger partial charge in [-0.1, -0.05) is 24.6 Å². The highest BCUT2D eigenvalue weighted by Gasteiger charge is 2.31. The minimum atomic E-state index is -0.954. The molecule has 2 N–H and O–H groups in total. The molecule has 3 heteroatoms. The van der Waals surface area contributed by atoms with Gasteiger partial charge in [-0.15, -0.1) is 0 Å². The van der Waals surface area contributed by atoms with Crippen molar-refractivity contribution >= 4 is 10.8 Å². The molecule has 1 saturated carbocycles. The highest BCUT2D eigenvalue weighted by atomic mass is 32.2. The van der Waals surface area contributed by atoms with Gasteiger partial charge in [-0.25, -0.2) is 0 Å². The average Bonchev–Trinajstić information content (AvgIpc) is 2.32. The zero-order chi connectivity index (χ0) is 12.4. The van der Waals surface area contributed by atoms with E-state index in [2.05, 4.69) is 6.92 Å². The SMILES string of the molecule is Cc1ccc(S(=O)C2CC(C)CCC2N)cc1. The molecule has 1 aliphatic rings. The number of nitrogens with two attached hydrogens (primary N) is 1. The summed E-state index contributed by atoms with van der Waals surface area (Å²) in [4.78, 5) is 0.921. The van der Waals surface area contributed by atoms with Crippen LogP contribution in [0.5, 0.6) is 0 Å². The zero-order valence-electron chi connectivity index (χ0n) is 10.6. The predicted molar refractivity (Wildman–Crippen MR) is 72.4 cm³/mol. The highest BCUT2D eigenvalue weighted by molar-refractivity contribution is 7.85. The smallest absolute Gasteiger partial charge is 0.0576 e. The summed E-state index contributed by atoms with van der Waals surface area (Å²) in [6.45, 7) is 4.27. The van der Waals surface area contributed by atoms with Crippen LogP contribution < -0.4 is 5.73 Å². The van der Waals surface area contributed by atoms with Crippen molar-refractivity contribution in [1.29, 1.82) is 0 Å². The van der Waals surface area contributed by atoms with E-state index in [1.165, 1.54) is 12.0 Å². The lowest BCUT2D eigenvalue weighted by Crippen LogP contribution is -2.42. The minimum Gasteiger partial charge on any atom is -0.327 e. The molecule has 1 aromatic rings. The molecular formula is C14H21NOS. The summed E-state index contributed by atoms with van der Waals surface area (Å²) < 4.78 is 12.5. The van der Waals surface area contributed by atoms with Gasteiger partial charge in [0.1, 0.15) is 0 Å². The van der Waals surface area contributed by atoms with Gasteiger partial charge in [-0.05, 0) is 44.2 Å². The molecule has 17 heavy (non-hydrogen) atoms. The molecule has 2 nitrogen and oxygen atoms in total. The van der Waals surface area contributed by atoms with Crippen molar-refractivity contribution in [2.75, 3.05) is 0 Å². The van der Waals surface area contributed by atoms with Gasteiger partial charge in [0.2, 0.25) is 0 Å². The number of aryl methyl sites for hydroxylation is 1. The van der Waals surface area contributed by atoms with Crippen LogP contribution in [0.25, 0.3) is 0 Å². The molecule has 0 spiro atoms. The normalized spacial score (nSPS) is 31.1. The maximum absolute atomic E-state index is 12.5. The molecule has 2 rings (SSSR count). The maximum atomic E-state index is 12.5. The Hall–Kier alpha value is -0.670. The quantitative estimate of drug-likeness (QED) is 0.878. The van der Waals surface area contributed by atoms with Crippen molar-refractivity contribution in [2.45, 2.75) is 49.3 Å². The van der Waals surface area contributed by atoms with E-state index in [0.29, 0.717) is 5.92 Å². The average molecular weight is 251 g/mol. The van der Waals surface area contributed by atoms with Crippen LogP contribution in [-0.2, 0) is 10.8 Å². The minimum absolute atomic E-state index is 0.0911. The van der Waals surface area contributed by atoms with E-state index in [0.717, 1.165) is 17.7 Å². The third-order valence-electron chi connectivity index (χ3n) is 3.63. The lowest BCUT2D eigenvalue weighted by atomic mass is 9.87. The molecule has 0 aliphatic heterocycles. The van der Waals surface area contributed by atoms with Crippen LogP contribution in [0.3, 0.4) is 0 Å². The fraction of sp³-hybridized carbons (Fsp3) is 0.571. The molecule has 1 aromatic carbocycles. The largest absolute Gasteiger partial charge is 0.327 e. The van der Waals surface area contributed by atoms with Crippen molar-refractivity contribution < 1.29 is 4.21 Å². The topological polar surface area (TPSA) is 43.1 Å². The monoisotopic (exact) mass is 251 g/mol. The van der Waals surface area contributed by atoms with Crippen LogP contribution in [0.1, 0.15) is 31.7 Å². The van der Waals surface area contributed by atoms with Crippen LogP contribution in [0.2, 0.25) is 0 Å². The number of benzene rings is 1. The lowest BCUT2D eigenvalue weighted by molar-refractivity contribution is 0.353. The molecular weight excluding hydrogens is 230 g/mol. The standard InChI is InChI=1S/C14H21NOS/c1-10-3-6-12(7-4-10)17(16)14-9-11(2)5-8-13(14)15/h3-4,6-7,11,13-14H,5,8-9,15H2,1-2H3. The van der Waals surface area contributed by atoms with Gasteiger partial charge in [0.15, 0.2) is 0 Å². The molecule has 0 bridgehead atoms. The summed E-state index contributed by atoms with van der Waals surface area (Å²) in [6.07, 6.45) is 3.16.